The van der Waals surface area contributed by atoms with Gasteiger partial charge in [-0.15, -0.1) is 0 Å². The normalized spacial score (nSPS) is 18.0. The average molecular weight is 262 g/mol. The lowest BCUT2D eigenvalue weighted by atomic mass is 9.90. The van der Waals surface area contributed by atoms with Gasteiger partial charge in [0.15, 0.2) is 0 Å². The lowest BCUT2D eigenvalue weighted by molar-refractivity contribution is -0.385. The molecule has 0 bridgehead atoms. The first-order valence-corrected chi connectivity index (χ1v) is 7.09. The molecule has 0 amide bonds. The summed E-state index contributed by atoms with van der Waals surface area (Å²) in [5.41, 5.74) is 1.08. The molecule has 0 heterocycles. The summed E-state index contributed by atoms with van der Waals surface area (Å²) in [4.78, 5) is 10.8. The zero-order valence-electron chi connectivity index (χ0n) is 11.6. The minimum absolute atomic E-state index is 0.244. The van der Waals surface area contributed by atoms with Gasteiger partial charge in [-0.1, -0.05) is 32.0 Å². The minimum atomic E-state index is -0.278. The van der Waals surface area contributed by atoms with Gasteiger partial charge in [-0.2, -0.15) is 0 Å². The number of hydrogen-bond donors (Lipinski definition) is 1. The van der Waals surface area contributed by atoms with Gasteiger partial charge in [0.2, 0.25) is 0 Å². The summed E-state index contributed by atoms with van der Waals surface area (Å²) in [6.07, 6.45) is 3.35. The second-order valence-electron chi connectivity index (χ2n) is 5.45. The minimum Gasteiger partial charge on any atom is -0.314 e. The SMILES string of the molecule is CCNC(Cc1ccccc1[N+](=O)[O-])C(C)C1CC1. The summed E-state index contributed by atoms with van der Waals surface area (Å²) >= 11 is 0. The van der Waals surface area contributed by atoms with E-state index in [1.807, 2.05) is 12.1 Å². The Morgan fingerprint density at radius 3 is 2.68 bits per heavy atom. The third kappa shape index (κ3) is 3.53. The zero-order chi connectivity index (χ0) is 13.8. The Bertz CT molecular complexity index is 444. The molecular weight excluding hydrogens is 240 g/mol. The first-order valence-electron chi connectivity index (χ1n) is 7.09. The summed E-state index contributed by atoms with van der Waals surface area (Å²) in [6, 6.07) is 7.42. The number of nitrogens with zero attached hydrogens (tertiary/aromatic N) is 1. The number of benzene rings is 1. The molecule has 2 unspecified atom stereocenters. The molecule has 0 radical (unpaired) electrons. The highest BCUT2D eigenvalue weighted by Crippen LogP contribution is 2.39. The van der Waals surface area contributed by atoms with Crippen LogP contribution in [0.2, 0.25) is 0 Å². The van der Waals surface area contributed by atoms with Crippen LogP contribution in [0.25, 0.3) is 0 Å². The van der Waals surface area contributed by atoms with Crippen molar-refractivity contribution in [1.82, 2.24) is 5.32 Å². The molecule has 4 heteroatoms. The monoisotopic (exact) mass is 262 g/mol. The van der Waals surface area contributed by atoms with Crippen molar-refractivity contribution < 1.29 is 4.92 Å². The van der Waals surface area contributed by atoms with E-state index in [0.717, 1.165) is 24.4 Å². The molecule has 19 heavy (non-hydrogen) atoms. The molecule has 0 aliphatic heterocycles. The van der Waals surface area contributed by atoms with Crippen molar-refractivity contribution in [1.29, 1.82) is 0 Å². The van der Waals surface area contributed by atoms with E-state index in [0.29, 0.717) is 12.0 Å². The van der Waals surface area contributed by atoms with E-state index in [2.05, 4.69) is 19.2 Å². The summed E-state index contributed by atoms with van der Waals surface area (Å²) in [7, 11) is 0. The molecule has 2 rings (SSSR count). The zero-order valence-corrected chi connectivity index (χ0v) is 11.6. The Labute approximate surface area is 114 Å². The highest BCUT2D eigenvalue weighted by Gasteiger charge is 2.33. The summed E-state index contributed by atoms with van der Waals surface area (Å²) in [6.45, 7) is 5.26. The molecule has 2 atom stereocenters. The third-order valence-electron chi connectivity index (χ3n) is 4.09. The van der Waals surface area contributed by atoms with Crippen LogP contribution in [0.1, 0.15) is 32.3 Å². The van der Waals surface area contributed by atoms with Crippen LogP contribution in [0.3, 0.4) is 0 Å². The Hall–Kier alpha value is -1.42. The molecule has 1 aliphatic rings. The van der Waals surface area contributed by atoms with Crippen LogP contribution in [-0.2, 0) is 6.42 Å². The molecular formula is C15H22N2O2. The molecule has 1 saturated carbocycles. The van der Waals surface area contributed by atoms with E-state index < -0.39 is 0 Å². The second kappa shape index (κ2) is 6.15. The van der Waals surface area contributed by atoms with E-state index in [1.54, 1.807) is 12.1 Å². The number of likely N-dealkylation sites (N-methyl/N-ethyl adjacent to an activating group) is 1. The predicted octanol–water partition coefficient (Wildman–Crippen LogP) is 3.16. The molecule has 0 saturated heterocycles. The Kier molecular flexibility index (Phi) is 4.53. The number of para-hydroxylation sites is 1. The molecule has 1 aromatic carbocycles. The number of nitrogens with one attached hydrogen (secondary N) is 1. The number of hydrogen-bond acceptors (Lipinski definition) is 3. The quantitative estimate of drug-likeness (QED) is 0.606. The van der Waals surface area contributed by atoms with Crippen molar-refractivity contribution in [2.24, 2.45) is 11.8 Å². The van der Waals surface area contributed by atoms with Crippen LogP contribution in [0.15, 0.2) is 24.3 Å². The van der Waals surface area contributed by atoms with E-state index >= 15 is 0 Å². The van der Waals surface area contributed by atoms with Crippen LogP contribution in [-0.4, -0.2) is 17.5 Å². The highest BCUT2D eigenvalue weighted by molar-refractivity contribution is 5.40. The van der Waals surface area contributed by atoms with Gasteiger partial charge in [0.1, 0.15) is 0 Å². The molecule has 4 nitrogen and oxygen atoms in total. The first-order chi connectivity index (χ1) is 9.13. The fourth-order valence-electron chi connectivity index (χ4n) is 2.76. The van der Waals surface area contributed by atoms with Crippen molar-refractivity contribution >= 4 is 5.69 Å². The van der Waals surface area contributed by atoms with Gasteiger partial charge >= 0.3 is 0 Å². The lowest BCUT2D eigenvalue weighted by Gasteiger charge is -2.24. The Morgan fingerprint density at radius 2 is 2.11 bits per heavy atom. The van der Waals surface area contributed by atoms with Crippen molar-refractivity contribution in [3.05, 3.63) is 39.9 Å². The number of nitro groups is 1. The van der Waals surface area contributed by atoms with Crippen LogP contribution in [0.5, 0.6) is 0 Å². The molecule has 0 aromatic heterocycles. The van der Waals surface area contributed by atoms with E-state index in [-0.39, 0.29) is 10.6 Å². The van der Waals surface area contributed by atoms with Crippen molar-refractivity contribution in [2.45, 2.75) is 39.2 Å². The Balaban J connectivity index is 2.14. The van der Waals surface area contributed by atoms with Gasteiger partial charge in [-0.25, -0.2) is 0 Å². The maximum absolute atomic E-state index is 11.1. The lowest BCUT2D eigenvalue weighted by Crippen LogP contribution is -2.37. The van der Waals surface area contributed by atoms with Gasteiger partial charge in [0, 0.05) is 17.7 Å². The van der Waals surface area contributed by atoms with E-state index in [1.165, 1.54) is 12.8 Å². The molecule has 1 aliphatic carbocycles. The maximum Gasteiger partial charge on any atom is 0.272 e. The standard InChI is InChI=1S/C15H22N2O2/c1-3-16-14(11(2)12-8-9-12)10-13-6-4-5-7-15(13)17(18)19/h4-7,11-12,14,16H,3,8-10H2,1-2H3. The largest absolute Gasteiger partial charge is 0.314 e. The van der Waals surface area contributed by atoms with Crippen molar-refractivity contribution in [3.8, 4) is 0 Å². The number of rotatable bonds is 7. The van der Waals surface area contributed by atoms with Crippen LogP contribution >= 0.6 is 0 Å². The highest BCUT2D eigenvalue weighted by atomic mass is 16.6. The van der Waals surface area contributed by atoms with Crippen LogP contribution in [0, 0.1) is 22.0 Å². The first kappa shape index (κ1) is 14.0. The smallest absolute Gasteiger partial charge is 0.272 e. The van der Waals surface area contributed by atoms with E-state index in [4.69, 9.17) is 0 Å². The molecule has 104 valence electrons. The molecule has 1 aromatic rings. The summed E-state index contributed by atoms with van der Waals surface area (Å²) < 4.78 is 0. The van der Waals surface area contributed by atoms with Crippen molar-refractivity contribution in [3.63, 3.8) is 0 Å². The maximum atomic E-state index is 11.1. The topological polar surface area (TPSA) is 55.2 Å². The van der Waals surface area contributed by atoms with Crippen LogP contribution < -0.4 is 5.32 Å². The fraction of sp³-hybridized carbons (Fsp3) is 0.600. The molecule has 1 N–H and O–H groups in total. The van der Waals surface area contributed by atoms with Gasteiger partial charge in [0.05, 0.1) is 4.92 Å². The number of nitro benzene ring substituents is 1. The van der Waals surface area contributed by atoms with Gasteiger partial charge < -0.3 is 5.32 Å². The molecule has 0 spiro atoms. The average Bonchev–Trinajstić information content (AvgIpc) is 3.22. The van der Waals surface area contributed by atoms with E-state index in [9.17, 15) is 10.1 Å². The van der Waals surface area contributed by atoms with Gasteiger partial charge in [0.25, 0.3) is 5.69 Å². The predicted molar refractivity (Wildman–Crippen MR) is 76.2 cm³/mol. The van der Waals surface area contributed by atoms with Gasteiger partial charge in [-0.05, 0) is 37.6 Å². The third-order valence-corrected chi connectivity index (χ3v) is 4.09. The molecule has 1 fully saturated rings. The second-order valence-corrected chi connectivity index (χ2v) is 5.45. The summed E-state index contributed by atoms with van der Waals surface area (Å²) in [5, 5.41) is 14.6. The van der Waals surface area contributed by atoms with Gasteiger partial charge in [-0.3, -0.25) is 10.1 Å². The van der Waals surface area contributed by atoms with Crippen molar-refractivity contribution in [2.75, 3.05) is 6.54 Å². The fourth-order valence-corrected chi connectivity index (χ4v) is 2.76. The Morgan fingerprint density at radius 1 is 1.42 bits per heavy atom. The van der Waals surface area contributed by atoms with Crippen LogP contribution in [0.4, 0.5) is 5.69 Å². The summed E-state index contributed by atoms with van der Waals surface area (Å²) in [5.74, 6) is 1.38.